The van der Waals surface area contributed by atoms with E-state index in [0.717, 1.165) is 24.0 Å². The molecule has 0 bridgehead atoms. The monoisotopic (exact) mass is 268 g/mol. The highest BCUT2D eigenvalue weighted by Gasteiger charge is 2.08. The van der Waals surface area contributed by atoms with Crippen LogP contribution in [0.4, 0.5) is 0 Å². The summed E-state index contributed by atoms with van der Waals surface area (Å²) in [7, 11) is 0. The summed E-state index contributed by atoms with van der Waals surface area (Å²) in [5, 5.41) is 19.0. The van der Waals surface area contributed by atoms with Gasteiger partial charge >= 0.3 is 0 Å². The second-order valence-electron chi connectivity index (χ2n) is 4.66. The normalized spacial score (nSPS) is 12.4. The molecule has 4 nitrogen and oxygen atoms in total. The van der Waals surface area contributed by atoms with Crippen molar-refractivity contribution in [2.24, 2.45) is 0 Å². The van der Waals surface area contributed by atoms with E-state index in [1.165, 1.54) is 0 Å². The lowest BCUT2D eigenvalue weighted by Crippen LogP contribution is -2.24. The Morgan fingerprint density at radius 2 is 2.05 bits per heavy atom. The minimum absolute atomic E-state index is 0.0693. The van der Waals surface area contributed by atoms with E-state index in [1.54, 1.807) is 0 Å². The molecule has 4 heteroatoms. The fourth-order valence-corrected chi connectivity index (χ4v) is 1.67. The molecule has 0 aliphatic carbocycles. The molecule has 0 aliphatic heterocycles. The predicted molar refractivity (Wildman–Crippen MR) is 74.3 cm³/mol. The summed E-state index contributed by atoms with van der Waals surface area (Å²) in [5.41, 5.74) is 1.80. The Bertz CT molecular complexity index is 365. The molecule has 0 saturated heterocycles. The highest BCUT2D eigenvalue weighted by molar-refractivity contribution is 5.36. The van der Waals surface area contributed by atoms with Gasteiger partial charge < -0.3 is 19.7 Å². The van der Waals surface area contributed by atoms with Crippen molar-refractivity contribution in [1.82, 2.24) is 0 Å². The van der Waals surface area contributed by atoms with E-state index >= 15 is 0 Å². The van der Waals surface area contributed by atoms with Gasteiger partial charge in [0, 0.05) is 12.2 Å². The van der Waals surface area contributed by atoms with Crippen molar-refractivity contribution in [2.75, 3.05) is 19.8 Å². The van der Waals surface area contributed by atoms with Crippen LogP contribution in [0.1, 0.15) is 30.9 Å². The third kappa shape index (κ3) is 6.05. The van der Waals surface area contributed by atoms with E-state index in [-0.39, 0.29) is 19.8 Å². The zero-order valence-corrected chi connectivity index (χ0v) is 11.8. The van der Waals surface area contributed by atoms with Gasteiger partial charge in [0.15, 0.2) is 0 Å². The van der Waals surface area contributed by atoms with Gasteiger partial charge in [-0.2, -0.15) is 0 Å². The van der Waals surface area contributed by atoms with Crippen molar-refractivity contribution in [2.45, 2.75) is 39.4 Å². The number of rotatable bonds is 9. The number of aryl methyl sites for hydroxylation is 1. The number of hydrogen-bond donors (Lipinski definition) is 2. The van der Waals surface area contributed by atoms with Gasteiger partial charge in [-0.3, -0.25) is 0 Å². The van der Waals surface area contributed by atoms with Gasteiger partial charge in [0.1, 0.15) is 18.5 Å². The minimum Gasteiger partial charge on any atom is -0.490 e. The lowest BCUT2D eigenvalue weighted by Gasteiger charge is -2.15. The van der Waals surface area contributed by atoms with Crippen LogP contribution in [0.3, 0.4) is 0 Å². The van der Waals surface area contributed by atoms with Crippen LogP contribution in [-0.4, -0.2) is 36.1 Å². The Morgan fingerprint density at radius 3 is 2.74 bits per heavy atom. The van der Waals surface area contributed by atoms with Crippen molar-refractivity contribution in [3.8, 4) is 5.75 Å². The molecule has 0 aromatic heterocycles. The smallest absolute Gasteiger partial charge is 0.124 e. The molecule has 0 aliphatic rings. The van der Waals surface area contributed by atoms with Crippen LogP contribution in [0.25, 0.3) is 0 Å². The average molecular weight is 268 g/mol. The molecular weight excluding hydrogens is 244 g/mol. The fourth-order valence-electron chi connectivity index (χ4n) is 1.67. The molecular formula is C15H24O4. The van der Waals surface area contributed by atoms with E-state index in [9.17, 15) is 10.2 Å². The molecule has 2 N–H and O–H groups in total. The summed E-state index contributed by atoms with van der Waals surface area (Å²) in [5.74, 6) is 0.612. The van der Waals surface area contributed by atoms with Crippen molar-refractivity contribution >= 4 is 0 Å². The van der Waals surface area contributed by atoms with Crippen molar-refractivity contribution in [3.63, 3.8) is 0 Å². The minimum atomic E-state index is -0.648. The van der Waals surface area contributed by atoms with Gasteiger partial charge in [-0.1, -0.05) is 31.0 Å². The first-order valence-corrected chi connectivity index (χ1v) is 6.76. The summed E-state index contributed by atoms with van der Waals surface area (Å²) in [6, 6.07) is 5.60. The first-order chi connectivity index (χ1) is 9.17. The van der Waals surface area contributed by atoms with Gasteiger partial charge in [0.2, 0.25) is 0 Å². The maximum absolute atomic E-state index is 9.72. The molecule has 1 unspecified atom stereocenters. The molecule has 0 amide bonds. The Labute approximate surface area is 115 Å². The lowest BCUT2D eigenvalue weighted by atomic mass is 10.1. The van der Waals surface area contributed by atoms with Crippen LogP contribution in [0, 0.1) is 6.92 Å². The Morgan fingerprint density at radius 1 is 1.26 bits per heavy atom. The molecule has 0 radical (unpaired) electrons. The third-order valence-corrected chi connectivity index (χ3v) is 2.77. The van der Waals surface area contributed by atoms with E-state index < -0.39 is 6.10 Å². The van der Waals surface area contributed by atoms with Crippen LogP contribution in [0.2, 0.25) is 0 Å². The van der Waals surface area contributed by atoms with Gasteiger partial charge in [0.05, 0.1) is 13.2 Å². The van der Waals surface area contributed by atoms with Gasteiger partial charge in [-0.05, 0) is 19.4 Å². The molecule has 1 rings (SSSR count). The van der Waals surface area contributed by atoms with Gasteiger partial charge in [-0.25, -0.2) is 0 Å². The second-order valence-corrected chi connectivity index (χ2v) is 4.66. The van der Waals surface area contributed by atoms with Crippen LogP contribution in [0.15, 0.2) is 18.2 Å². The molecule has 19 heavy (non-hydrogen) atoms. The number of ether oxygens (including phenoxy) is 2. The van der Waals surface area contributed by atoms with E-state index in [1.807, 2.05) is 25.1 Å². The zero-order chi connectivity index (χ0) is 14.1. The first kappa shape index (κ1) is 16.0. The van der Waals surface area contributed by atoms with Crippen LogP contribution < -0.4 is 4.74 Å². The molecule has 1 atom stereocenters. The summed E-state index contributed by atoms with van der Waals surface area (Å²) in [4.78, 5) is 0. The maximum atomic E-state index is 9.72. The average Bonchev–Trinajstić information content (AvgIpc) is 2.42. The van der Waals surface area contributed by atoms with Gasteiger partial charge in [0.25, 0.3) is 0 Å². The summed E-state index contributed by atoms with van der Waals surface area (Å²) >= 11 is 0. The second kappa shape index (κ2) is 8.91. The Kier molecular flexibility index (Phi) is 7.48. The Hall–Kier alpha value is -1.10. The summed E-state index contributed by atoms with van der Waals surface area (Å²) in [6.45, 7) is 5.10. The summed E-state index contributed by atoms with van der Waals surface area (Å²) < 4.78 is 10.8. The molecule has 1 aromatic carbocycles. The fraction of sp³-hybridized carbons (Fsp3) is 0.600. The zero-order valence-electron chi connectivity index (χ0n) is 11.8. The van der Waals surface area contributed by atoms with E-state index in [4.69, 9.17) is 9.47 Å². The standard InChI is InChI=1S/C15H24O4/c1-3-4-7-18-10-14(17)11-19-15-6-5-12(2)8-13(15)9-16/h5-6,8,14,16-17H,3-4,7,9-11H2,1-2H3. The molecule has 0 spiro atoms. The van der Waals surface area contributed by atoms with Crippen molar-refractivity contribution in [3.05, 3.63) is 29.3 Å². The van der Waals surface area contributed by atoms with Crippen LogP contribution in [0.5, 0.6) is 5.75 Å². The number of aliphatic hydroxyl groups is 2. The maximum Gasteiger partial charge on any atom is 0.124 e. The van der Waals surface area contributed by atoms with Crippen molar-refractivity contribution < 1.29 is 19.7 Å². The SMILES string of the molecule is CCCCOCC(O)COc1ccc(C)cc1CO. The molecule has 0 heterocycles. The summed E-state index contributed by atoms with van der Waals surface area (Å²) in [6.07, 6.45) is 1.43. The van der Waals surface area contributed by atoms with E-state index in [2.05, 4.69) is 6.92 Å². The molecule has 1 aromatic rings. The van der Waals surface area contributed by atoms with Crippen LogP contribution >= 0.6 is 0 Å². The van der Waals surface area contributed by atoms with Crippen LogP contribution in [-0.2, 0) is 11.3 Å². The Balaban J connectivity index is 2.35. The molecule has 0 fully saturated rings. The number of hydrogen-bond acceptors (Lipinski definition) is 4. The highest BCUT2D eigenvalue weighted by atomic mass is 16.5. The third-order valence-electron chi connectivity index (χ3n) is 2.77. The van der Waals surface area contributed by atoms with Crippen molar-refractivity contribution in [1.29, 1.82) is 0 Å². The highest BCUT2D eigenvalue weighted by Crippen LogP contribution is 2.20. The first-order valence-electron chi connectivity index (χ1n) is 6.76. The molecule has 108 valence electrons. The predicted octanol–water partition coefficient (Wildman–Crippen LogP) is 2.04. The largest absolute Gasteiger partial charge is 0.490 e. The topological polar surface area (TPSA) is 58.9 Å². The quantitative estimate of drug-likeness (QED) is 0.673. The van der Waals surface area contributed by atoms with E-state index in [0.29, 0.717) is 12.4 Å². The number of benzene rings is 1. The van der Waals surface area contributed by atoms with Gasteiger partial charge in [-0.15, -0.1) is 0 Å². The number of unbranched alkanes of at least 4 members (excludes halogenated alkanes) is 1. The molecule has 0 saturated carbocycles. The number of aliphatic hydroxyl groups excluding tert-OH is 2. The lowest BCUT2D eigenvalue weighted by molar-refractivity contribution is 0.0109.